The first-order chi connectivity index (χ1) is 6.76. The molecule has 0 aliphatic rings. The first-order valence-electron chi connectivity index (χ1n) is 5.97. The van der Waals surface area contributed by atoms with Gasteiger partial charge in [0.15, 0.2) is 0 Å². The first-order valence-corrected chi connectivity index (χ1v) is 5.97. The van der Waals surface area contributed by atoms with Gasteiger partial charge in [-0.1, -0.05) is 46.0 Å². The molecule has 0 aromatic heterocycles. The van der Waals surface area contributed by atoms with E-state index in [1.165, 1.54) is 25.7 Å². The summed E-state index contributed by atoms with van der Waals surface area (Å²) in [6.07, 6.45) is 7.80. The Morgan fingerprint density at radius 2 is 1.71 bits per heavy atom. The molecule has 0 aliphatic heterocycles. The maximum absolute atomic E-state index is 9.74. The summed E-state index contributed by atoms with van der Waals surface area (Å²) >= 11 is 0. The van der Waals surface area contributed by atoms with Gasteiger partial charge in [-0.3, -0.25) is 0 Å². The Morgan fingerprint density at radius 3 is 2.21 bits per heavy atom. The zero-order valence-corrected chi connectivity index (χ0v) is 9.96. The van der Waals surface area contributed by atoms with Crippen LogP contribution in [0.1, 0.15) is 58.8 Å². The molecule has 0 saturated carbocycles. The molecule has 14 heavy (non-hydrogen) atoms. The Labute approximate surface area is 88.7 Å². The van der Waals surface area contributed by atoms with Gasteiger partial charge in [-0.2, -0.15) is 0 Å². The lowest BCUT2D eigenvalue weighted by atomic mass is 10.0. The van der Waals surface area contributed by atoms with Gasteiger partial charge < -0.3 is 9.84 Å². The second kappa shape index (κ2) is 9.47. The Morgan fingerprint density at radius 1 is 1.07 bits per heavy atom. The van der Waals surface area contributed by atoms with Gasteiger partial charge in [0.2, 0.25) is 0 Å². The van der Waals surface area contributed by atoms with Crippen molar-refractivity contribution in [3.05, 3.63) is 0 Å². The van der Waals surface area contributed by atoms with E-state index in [9.17, 15) is 5.11 Å². The van der Waals surface area contributed by atoms with Crippen LogP contribution in [-0.4, -0.2) is 24.4 Å². The topological polar surface area (TPSA) is 29.5 Å². The molecule has 2 heteroatoms. The molecule has 0 fully saturated rings. The van der Waals surface area contributed by atoms with Gasteiger partial charge in [-0.25, -0.2) is 0 Å². The molecule has 2 nitrogen and oxygen atoms in total. The number of aliphatic hydroxyl groups excluding tert-OH is 1. The van der Waals surface area contributed by atoms with Crippen LogP contribution in [0.5, 0.6) is 0 Å². The minimum absolute atomic E-state index is 0.0289. The van der Waals surface area contributed by atoms with Crippen molar-refractivity contribution in [1.82, 2.24) is 0 Å². The number of rotatable bonds is 9. The highest BCUT2D eigenvalue weighted by Gasteiger charge is 2.15. The standard InChI is InChI=1S/C12H26O2/c1-4-6-7-8-9-10-11(13)12(5-2)14-3/h11-13H,4-10H2,1-3H3. The molecule has 0 amide bonds. The molecule has 0 saturated heterocycles. The van der Waals surface area contributed by atoms with Crippen LogP contribution in [-0.2, 0) is 4.74 Å². The van der Waals surface area contributed by atoms with Crippen LogP contribution in [0.15, 0.2) is 0 Å². The molecule has 0 aromatic rings. The quantitative estimate of drug-likeness (QED) is 0.582. The fourth-order valence-electron chi connectivity index (χ4n) is 1.74. The molecule has 0 aromatic carbocycles. The smallest absolute Gasteiger partial charge is 0.0827 e. The Kier molecular flexibility index (Phi) is 9.42. The van der Waals surface area contributed by atoms with E-state index in [1.807, 2.05) is 0 Å². The van der Waals surface area contributed by atoms with Gasteiger partial charge in [0.1, 0.15) is 0 Å². The molecule has 2 unspecified atom stereocenters. The zero-order valence-electron chi connectivity index (χ0n) is 9.96. The number of hydrogen-bond donors (Lipinski definition) is 1. The van der Waals surface area contributed by atoms with Crippen LogP contribution in [0.2, 0.25) is 0 Å². The fourth-order valence-corrected chi connectivity index (χ4v) is 1.74. The van der Waals surface area contributed by atoms with Crippen molar-refractivity contribution in [1.29, 1.82) is 0 Å². The summed E-state index contributed by atoms with van der Waals surface area (Å²) in [7, 11) is 1.68. The summed E-state index contributed by atoms with van der Waals surface area (Å²) in [5, 5.41) is 9.74. The molecule has 0 rings (SSSR count). The number of methoxy groups -OCH3 is 1. The minimum Gasteiger partial charge on any atom is -0.390 e. The van der Waals surface area contributed by atoms with E-state index in [-0.39, 0.29) is 12.2 Å². The van der Waals surface area contributed by atoms with Gasteiger partial charge in [0, 0.05) is 7.11 Å². The van der Waals surface area contributed by atoms with Crippen molar-refractivity contribution in [2.24, 2.45) is 0 Å². The van der Waals surface area contributed by atoms with Crippen LogP contribution in [0.3, 0.4) is 0 Å². The molecule has 86 valence electrons. The Hall–Kier alpha value is -0.0800. The van der Waals surface area contributed by atoms with Crippen molar-refractivity contribution < 1.29 is 9.84 Å². The van der Waals surface area contributed by atoms with Crippen LogP contribution in [0, 0.1) is 0 Å². The van der Waals surface area contributed by atoms with Gasteiger partial charge in [0.05, 0.1) is 12.2 Å². The van der Waals surface area contributed by atoms with Crippen molar-refractivity contribution in [3.63, 3.8) is 0 Å². The Balaban J connectivity index is 3.37. The summed E-state index contributed by atoms with van der Waals surface area (Å²) in [6.45, 7) is 4.27. The van der Waals surface area contributed by atoms with E-state index >= 15 is 0 Å². The highest BCUT2D eigenvalue weighted by Crippen LogP contribution is 2.12. The van der Waals surface area contributed by atoms with Crippen LogP contribution >= 0.6 is 0 Å². The predicted molar refractivity (Wildman–Crippen MR) is 60.5 cm³/mol. The number of unbranched alkanes of at least 4 members (excludes halogenated alkanes) is 4. The largest absolute Gasteiger partial charge is 0.390 e. The van der Waals surface area contributed by atoms with Crippen molar-refractivity contribution >= 4 is 0 Å². The molecule has 0 aliphatic carbocycles. The maximum Gasteiger partial charge on any atom is 0.0827 e. The SMILES string of the molecule is CCCCCCCC(O)C(CC)OC. The van der Waals surface area contributed by atoms with E-state index in [4.69, 9.17) is 4.74 Å². The Bertz CT molecular complexity index is 111. The monoisotopic (exact) mass is 202 g/mol. The van der Waals surface area contributed by atoms with E-state index in [0.29, 0.717) is 0 Å². The zero-order chi connectivity index (χ0) is 10.8. The average Bonchev–Trinajstić information content (AvgIpc) is 2.19. The normalized spacial score (nSPS) is 15.4. The third-order valence-electron chi connectivity index (χ3n) is 2.74. The summed E-state index contributed by atoms with van der Waals surface area (Å²) in [6, 6.07) is 0. The molecule has 0 heterocycles. The molecular formula is C12H26O2. The fraction of sp³-hybridized carbons (Fsp3) is 1.00. The third kappa shape index (κ3) is 6.39. The van der Waals surface area contributed by atoms with Crippen LogP contribution in [0.25, 0.3) is 0 Å². The van der Waals surface area contributed by atoms with Gasteiger partial charge in [-0.15, -0.1) is 0 Å². The van der Waals surface area contributed by atoms with E-state index < -0.39 is 0 Å². The van der Waals surface area contributed by atoms with Gasteiger partial charge >= 0.3 is 0 Å². The van der Waals surface area contributed by atoms with Crippen molar-refractivity contribution in [2.75, 3.05) is 7.11 Å². The lowest BCUT2D eigenvalue weighted by molar-refractivity contribution is -0.0182. The highest BCUT2D eigenvalue weighted by molar-refractivity contribution is 4.66. The predicted octanol–water partition coefficient (Wildman–Crippen LogP) is 3.13. The molecule has 0 radical (unpaired) electrons. The molecule has 0 bridgehead atoms. The van der Waals surface area contributed by atoms with E-state index in [1.54, 1.807) is 7.11 Å². The highest BCUT2D eigenvalue weighted by atomic mass is 16.5. The van der Waals surface area contributed by atoms with Crippen molar-refractivity contribution in [2.45, 2.75) is 71.0 Å². The number of ether oxygens (including phenoxy) is 1. The van der Waals surface area contributed by atoms with Gasteiger partial charge in [-0.05, 0) is 12.8 Å². The summed E-state index contributed by atoms with van der Waals surface area (Å²) < 4.78 is 5.19. The summed E-state index contributed by atoms with van der Waals surface area (Å²) in [4.78, 5) is 0. The molecule has 1 N–H and O–H groups in total. The minimum atomic E-state index is -0.272. The van der Waals surface area contributed by atoms with Gasteiger partial charge in [0.25, 0.3) is 0 Å². The lowest BCUT2D eigenvalue weighted by Gasteiger charge is -2.19. The first kappa shape index (κ1) is 13.9. The second-order valence-corrected chi connectivity index (χ2v) is 3.95. The molecule has 0 spiro atoms. The van der Waals surface area contributed by atoms with E-state index in [2.05, 4.69) is 13.8 Å². The van der Waals surface area contributed by atoms with Crippen molar-refractivity contribution in [3.8, 4) is 0 Å². The molecular weight excluding hydrogens is 176 g/mol. The summed E-state index contributed by atoms with van der Waals surface area (Å²) in [5.41, 5.74) is 0. The maximum atomic E-state index is 9.74. The number of hydrogen-bond acceptors (Lipinski definition) is 2. The molecule has 2 atom stereocenters. The lowest BCUT2D eigenvalue weighted by Crippen LogP contribution is -2.27. The average molecular weight is 202 g/mol. The van der Waals surface area contributed by atoms with Crippen LogP contribution in [0.4, 0.5) is 0 Å². The van der Waals surface area contributed by atoms with E-state index in [0.717, 1.165) is 19.3 Å². The number of aliphatic hydroxyl groups is 1. The van der Waals surface area contributed by atoms with Crippen LogP contribution < -0.4 is 0 Å². The summed E-state index contributed by atoms with van der Waals surface area (Å²) in [5.74, 6) is 0. The third-order valence-corrected chi connectivity index (χ3v) is 2.74. The second-order valence-electron chi connectivity index (χ2n) is 3.95.